The number of carbonyl (C=O) groups is 1. The molecule has 3 nitrogen and oxygen atoms in total. The van der Waals surface area contributed by atoms with Gasteiger partial charge in [-0.3, -0.25) is 4.79 Å². The lowest BCUT2D eigenvalue weighted by molar-refractivity contribution is -0.117. The molecule has 0 saturated carbocycles. The van der Waals surface area contributed by atoms with Gasteiger partial charge >= 0.3 is 0 Å². The fraction of sp³-hybridized carbons (Fsp3) is 0.235. The minimum Gasteiger partial charge on any atom is -0.398 e. The Morgan fingerprint density at radius 1 is 1.24 bits per heavy atom. The summed E-state index contributed by atoms with van der Waals surface area (Å²) < 4.78 is 0. The third-order valence-corrected chi connectivity index (χ3v) is 5.07. The van der Waals surface area contributed by atoms with Crippen molar-refractivity contribution in [2.45, 2.75) is 24.7 Å². The Morgan fingerprint density at radius 3 is 2.81 bits per heavy atom. The molecule has 0 radical (unpaired) electrons. The highest BCUT2D eigenvalue weighted by Crippen LogP contribution is 2.40. The summed E-state index contributed by atoms with van der Waals surface area (Å²) in [5, 5.41) is 3.03. The maximum Gasteiger partial charge on any atom is 0.232 e. The minimum absolute atomic E-state index is 0.0406. The van der Waals surface area contributed by atoms with E-state index in [-0.39, 0.29) is 11.8 Å². The molecule has 2 aromatic carbocycles. The molecule has 0 aliphatic carbocycles. The monoisotopic (exact) mass is 298 g/mol. The fourth-order valence-electron chi connectivity index (χ4n) is 2.60. The molecule has 1 heterocycles. The van der Waals surface area contributed by atoms with Gasteiger partial charge in [0, 0.05) is 22.0 Å². The second-order valence-electron chi connectivity index (χ2n) is 5.41. The highest BCUT2D eigenvalue weighted by atomic mass is 32.2. The van der Waals surface area contributed by atoms with E-state index in [1.807, 2.05) is 44.2 Å². The second kappa shape index (κ2) is 5.45. The van der Waals surface area contributed by atoms with Crippen LogP contribution in [-0.2, 0) is 4.79 Å². The molecule has 108 valence electrons. The lowest BCUT2D eigenvalue weighted by atomic mass is 10.00. The van der Waals surface area contributed by atoms with E-state index in [0.717, 1.165) is 28.1 Å². The molecule has 0 bridgehead atoms. The number of nitrogens with one attached hydrogen (secondary N) is 1. The number of benzene rings is 2. The van der Waals surface area contributed by atoms with E-state index in [1.54, 1.807) is 11.8 Å². The topological polar surface area (TPSA) is 55.1 Å². The lowest BCUT2D eigenvalue weighted by Gasteiger charge is -2.15. The van der Waals surface area contributed by atoms with Crippen molar-refractivity contribution in [2.24, 2.45) is 0 Å². The highest BCUT2D eigenvalue weighted by molar-refractivity contribution is 7.99. The van der Waals surface area contributed by atoms with Gasteiger partial charge in [0.2, 0.25) is 5.91 Å². The van der Waals surface area contributed by atoms with E-state index in [0.29, 0.717) is 5.69 Å². The number of rotatable bonds is 2. The van der Waals surface area contributed by atoms with Crippen LogP contribution >= 0.6 is 11.8 Å². The van der Waals surface area contributed by atoms with Gasteiger partial charge in [-0.15, -0.1) is 11.8 Å². The van der Waals surface area contributed by atoms with Crippen LogP contribution in [0.5, 0.6) is 0 Å². The second-order valence-corrected chi connectivity index (χ2v) is 6.48. The predicted octanol–water partition coefficient (Wildman–Crippen LogP) is 3.71. The maximum atomic E-state index is 12.6. The van der Waals surface area contributed by atoms with Crippen LogP contribution in [0.1, 0.15) is 22.6 Å². The van der Waals surface area contributed by atoms with Gasteiger partial charge in [-0.25, -0.2) is 0 Å². The number of hydrogen-bond donors (Lipinski definition) is 2. The first-order valence-corrected chi connectivity index (χ1v) is 7.94. The molecular formula is C17H18N2OS. The molecular weight excluding hydrogens is 280 g/mol. The molecule has 3 N–H and O–H groups in total. The number of carbonyl (C=O) groups excluding carboxylic acids is 1. The summed E-state index contributed by atoms with van der Waals surface area (Å²) in [4.78, 5) is 13.8. The van der Waals surface area contributed by atoms with E-state index in [4.69, 9.17) is 5.73 Å². The molecule has 0 spiro atoms. The van der Waals surface area contributed by atoms with Crippen molar-refractivity contribution in [2.75, 3.05) is 16.8 Å². The van der Waals surface area contributed by atoms with Crippen LogP contribution in [0, 0.1) is 13.8 Å². The number of thioether (sulfide) groups is 1. The van der Waals surface area contributed by atoms with Crippen LogP contribution < -0.4 is 11.1 Å². The third kappa shape index (κ3) is 2.63. The first-order valence-electron chi connectivity index (χ1n) is 6.95. The Balaban J connectivity index is 1.84. The van der Waals surface area contributed by atoms with Gasteiger partial charge in [0.05, 0.1) is 5.92 Å². The van der Waals surface area contributed by atoms with Crippen molar-refractivity contribution in [1.82, 2.24) is 0 Å². The van der Waals surface area contributed by atoms with Crippen molar-refractivity contribution in [3.8, 4) is 0 Å². The first kappa shape index (κ1) is 14.0. The Bertz CT molecular complexity index is 712. The lowest BCUT2D eigenvalue weighted by Crippen LogP contribution is -2.21. The molecule has 0 saturated heterocycles. The van der Waals surface area contributed by atoms with Crippen molar-refractivity contribution >= 4 is 29.0 Å². The fourth-order valence-corrected chi connectivity index (χ4v) is 3.83. The molecule has 0 aromatic heterocycles. The van der Waals surface area contributed by atoms with Gasteiger partial charge in [0.1, 0.15) is 0 Å². The number of nitrogen functional groups attached to an aromatic ring is 1. The van der Waals surface area contributed by atoms with Crippen molar-refractivity contribution < 1.29 is 4.79 Å². The zero-order valence-corrected chi connectivity index (χ0v) is 13.0. The summed E-state index contributed by atoms with van der Waals surface area (Å²) in [5.74, 6) is 0.748. The number of anilines is 2. The van der Waals surface area contributed by atoms with Gasteiger partial charge in [-0.05, 0) is 42.7 Å². The van der Waals surface area contributed by atoms with Crippen LogP contribution in [0.2, 0.25) is 0 Å². The summed E-state index contributed by atoms with van der Waals surface area (Å²) in [5.41, 5.74) is 10.6. The normalized spacial score (nSPS) is 16.6. The Hall–Kier alpha value is -1.94. The first-order chi connectivity index (χ1) is 10.1. The van der Waals surface area contributed by atoms with Gasteiger partial charge in [0.15, 0.2) is 0 Å². The summed E-state index contributed by atoms with van der Waals surface area (Å²) in [6, 6.07) is 12.0. The van der Waals surface area contributed by atoms with Crippen molar-refractivity contribution in [1.29, 1.82) is 0 Å². The Morgan fingerprint density at radius 2 is 2.00 bits per heavy atom. The minimum atomic E-state index is -0.0897. The quantitative estimate of drug-likeness (QED) is 0.831. The summed E-state index contributed by atoms with van der Waals surface area (Å²) >= 11 is 1.74. The number of amides is 1. The molecule has 1 unspecified atom stereocenters. The van der Waals surface area contributed by atoms with Gasteiger partial charge in [-0.2, -0.15) is 0 Å². The molecule has 2 aromatic rings. The van der Waals surface area contributed by atoms with Crippen LogP contribution in [0.3, 0.4) is 0 Å². The van der Waals surface area contributed by atoms with E-state index in [1.165, 1.54) is 4.90 Å². The molecule has 3 rings (SSSR count). The van der Waals surface area contributed by atoms with Crippen molar-refractivity contribution in [3.05, 3.63) is 53.1 Å². The molecule has 1 aliphatic heterocycles. The van der Waals surface area contributed by atoms with Gasteiger partial charge in [0.25, 0.3) is 0 Å². The van der Waals surface area contributed by atoms with Crippen LogP contribution in [-0.4, -0.2) is 11.7 Å². The third-order valence-electron chi connectivity index (χ3n) is 3.89. The smallest absolute Gasteiger partial charge is 0.232 e. The SMILES string of the molecule is Cc1cc(C)c(NC(=O)C2CSc3ccccc32)cc1N. The zero-order chi connectivity index (χ0) is 15.0. The number of hydrogen-bond acceptors (Lipinski definition) is 3. The summed E-state index contributed by atoms with van der Waals surface area (Å²) in [7, 11) is 0. The maximum absolute atomic E-state index is 12.6. The zero-order valence-electron chi connectivity index (χ0n) is 12.1. The summed E-state index contributed by atoms with van der Waals surface area (Å²) in [6.07, 6.45) is 0. The highest BCUT2D eigenvalue weighted by Gasteiger charge is 2.29. The van der Waals surface area contributed by atoms with Crippen molar-refractivity contribution in [3.63, 3.8) is 0 Å². The molecule has 21 heavy (non-hydrogen) atoms. The number of aryl methyl sites for hydroxylation is 2. The Labute approximate surface area is 128 Å². The average Bonchev–Trinajstić information content (AvgIpc) is 2.88. The molecule has 1 atom stereocenters. The van der Waals surface area contributed by atoms with Gasteiger partial charge in [-0.1, -0.05) is 24.3 Å². The predicted molar refractivity (Wildman–Crippen MR) is 88.9 cm³/mol. The van der Waals surface area contributed by atoms with Crippen LogP contribution in [0.4, 0.5) is 11.4 Å². The molecule has 0 fully saturated rings. The van der Waals surface area contributed by atoms with Crippen LogP contribution in [0.25, 0.3) is 0 Å². The number of nitrogens with two attached hydrogens (primary N) is 1. The van der Waals surface area contributed by atoms with Gasteiger partial charge < -0.3 is 11.1 Å². The average molecular weight is 298 g/mol. The van der Waals surface area contributed by atoms with E-state index >= 15 is 0 Å². The van der Waals surface area contributed by atoms with Crippen LogP contribution in [0.15, 0.2) is 41.3 Å². The molecule has 1 aliphatic rings. The van der Waals surface area contributed by atoms with E-state index in [9.17, 15) is 4.79 Å². The number of fused-ring (bicyclic) bond motifs is 1. The molecule has 4 heteroatoms. The Kier molecular flexibility index (Phi) is 3.64. The molecule has 1 amide bonds. The van der Waals surface area contributed by atoms with E-state index in [2.05, 4.69) is 11.4 Å². The standard InChI is InChI=1S/C17H18N2OS/c1-10-7-11(2)15(8-14(10)18)19-17(20)13-9-21-16-6-4-3-5-12(13)16/h3-8,13H,9,18H2,1-2H3,(H,19,20). The van der Waals surface area contributed by atoms with E-state index < -0.39 is 0 Å². The summed E-state index contributed by atoms with van der Waals surface area (Å²) in [6.45, 7) is 3.96. The largest absolute Gasteiger partial charge is 0.398 e.